The molecule has 0 aliphatic rings. The summed E-state index contributed by atoms with van der Waals surface area (Å²) in [5.41, 5.74) is 1.41. The molecule has 7 heteroatoms. The van der Waals surface area contributed by atoms with E-state index >= 15 is 0 Å². The molecule has 0 heterocycles. The third-order valence-electron chi connectivity index (χ3n) is 4.12. The van der Waals surface area contributed by atoms with Crippen LogP contribution in [0.1, 0.15) is 29.8 Å². The zero-order valence-corrected chi connectivity index (χ0v) is 17.1. The number of carbonyl (C=O) groups excluding carboxylic acids is 2. The van der Waals surface area contributed by atoms with Gasteiger partial charge in [0.2, 0.25) is 5.91 Å². The fourth-order valence-electron chi connectivity index (χ4n) is 2.76. The molecule has 29 heavy (non-hydrogen) atoms. The summed E-state index contributed by atoms with van der Waals surface area (Å²) < 4.78 is 16.3. The van der Waals surface area contributed by atoms with Crippen molar-refractivity contribution in [2.45, 2.75) is 20.3 Å². The van der Waals surface area contributed by atoms with Gasteiger partial charge in [-0.3, -0.25) is 9.59 Å². The molecular formula is C22H28N2O5. The normalized spacial score (nSPS) is 10.2. The molecule has 7 nitrogen and oxygen atoms in total. The molecule has 2 aromatic carbocycles. The Morgan fingerprint density at radius 1 is 0.897 bits per heavy atom. The van der Waals surface area contributed by atoms with Crippen molar-refractivity contribution in [2.75, 3.05) is 33.4 Å². The molecule has 0 atom stereocenters. The van der Waals surface area contributed by atoms with Crippen LogP contribution in [0.2, 0.25) is 0 Å². The van der Waals surface area contributed by atoms with Crippen molar-refractivity contribution in [3.05, 3.63) is 53.6 Å². The molecular weight excluding hydrogens is 372 g/mol. The van der Waals surface area contributed by atoms with E-state index in [1.807, 2.05) is 38.1 Å². The smallest absolute Gasteiger partial charge is 0.251 e. The van der Waals surface area contributed by atoms with Crippen LogP contribution in [0.4, 0.5) is 0 Å². The van der Waals surface area contributed by atoms with Gasteiger partial charge >= 0.3 is 0 Å². The second-order valence-corrected chi connectivity index (χ2v) is 6.12. The molecule has 2 amide bonds. The van der Waals surface area contributed by atoms with Crippen LogP contribution in [0.3, 0.4) is 0 Å². The lowest BCUT2D eigenvalue weighted by molar-refractivity contribution is -0.120. The van der Waals surface area contributed by atoms with Gasteiger partial charge in [-0.15, -0.1) is 0 Å². The molecule has 156 valence electrons. The highest BCUT2D eigenvalue weighted by molar-refractivity contribution is 5.97. The Hall–Kier alpha value is -3.22. The minimum Gasteiger partial charge on any atom is -0.496 e. The molecule has 0 radical (unpaired) electrons. The third kappa shape index (κ3) is 6.71. The van der Waals surface area contributed by atoms with E-state index in [4.69, 9.17) is 14.2 Å². The second kappa shape index (κ2) is 11.6. The first-order chi connectivity index (χ1) is 14.1. The highest BCUT2D eigenvalue weighted by Gasteiger charge is 2.12. The maximum Gasteiger partial charge on any atom is 0.251 e. The summed E-state index contributed by atoms with van der Waals surface area (Å²) in [4.78, 5) is 24.4. The zero-order chi connectivity index (χ0) is 21.1. The highest BCUT2D eigenvalue weighted by Crippen LogP contribution is 2.28. The quantitative estimate of drug-likeness (QED) is 0.606. The first kappa shape index (κ1) is 22.1. The van der Waals surface area contributed by atoms with E-state index in [1.165, 1.54) is 0 Å². The molecule has 2 aromatic rings. The van der Waals surface area contributed by atoms with Crippen LogP contribution < -0.4 is 24.8 Å². The monoisotopic (exact) mass is 400 g/mol. The average molecular weight is 400 g/mol. The number of nitrogens with one attached hydrogen (secondary N) is 2. The molecule has 0 aliphatic carbocycles. The van der Waals surface area contributed by atoms with Crippen molar-refractivity contribution < 1.29 is 23.8 Å². The number of para-hydroxylation sites is 1. The fraction of sp³-hybridized carbons (Fsp3) is 0.364. The van der Waals surface area contributed by atoms with Crippen molar-refractivity contribution in [3.63, 3.8) is 0 Å². The minimum absolute atomic E-state index is 0.109. The van der Waals surface area contributed by atoms with Crippen molar-refractivity contribution in [1.82, 2.24) is 10.6 Å². The molecule has 2 rings (SSSR count). The van der Waals surface area contributed by atoms with Crippen LogP contribution in [0.5, 0.6) is 17.2 Å². The number of methoxy groups -OCH3 is 1. The van der Waals surface area contributed by atoms with Gasteiger partial charge < -0.3 is 24.8 Å². The maximum atomic E-state index is 12.3. The first-order valence-electron chi connectivity index (χ1n) is 9.65. The van der Waals surface area contributed by atoms with Crippen LogP contribution in [-0.4, -0.2) is 45.2 Å². The Balaban J connectivity index is 1.83. The van der Waals surface area contributed by atoms with Gasteiger partial charge in [0.05, 0.1) is 26.9 Å². The lowest BCUT2D eigenvalue weighted by Gasteiger charge is -2.12. The third-order valence-corrected chi connectivity index (χ3v) is 4.12. The number of ether oxygens (including phenoxy) is 3. The molecule has 0 spiro atoms. The van der Waals surface area contributed by atoms with Crippen molar-refractivity contribution in [3.8, 4) is 17.2 Å². The van der Waals surface area contributed by atoms with E-state index in [1.54, 1.807) is 25.3 Å². The van der Waals surface area contributed by atoms with Gasteiger partial charge in [-0.25, -0.2) is 0 Å². The SMILES string of the molecule is CCOc1ccc(C(=O)NCC(=O)NCCc2ccccc2OC)cc1OCC. The summed E-state index contributed by atoms with van der Waals surface area (Å²) in [7, 11) is 1.62. The number of carbonyl (C=O) groups is 2. The summed E-state index contributed by atoms with van der Waals surface area (Å²) in [5.74, 6) is 1.26. The lowest BCUT2D eigenvalue weighted by atomic mass is 10.1. The van der Waals surface area contributed by atoms with Gasteiger partial charge in [-0.2, -0.15) is 0 Å². The van der Waals surface area contributed by atoms with Gasteiger partial charge in [-0.1, -0.05) is 18.2 Å². The number of benzene rings is 2. The summed E-state index contributed by atoms with van der Waals surface area (Å²) >= 11 is 0. The minimum atomic E-state index is -0.353. The fourth-order valence-corrected chi connectivity index (χ4v) is 2.76. The van der Waals surface area contributed by atoms with Crippen molar-refractivity contribution >= 4 is 11.8 Å². The van der Waals surface area contributed by atoms with Crippen molar-refractivity contribution in [2.24, 2.45) is 0 Å². The van der Waals surface area contributed by atoms with Gasteiger partial charge in [0.25, 0.3) is 5.91 Å². The molecule has 0 aliphatic heterocycles. The number of amides is 2. The molecule has 0 saturated heterocycles. The molecule has 0 aromatic heterocycles. The molecule has 0 unspecified atom stereocenters. The maximum absolute atomic E-state index is 12.3. The van der Waals surface area contributed by atoms with Crippen LogP contribution in [-0.2, 0) is 11.2 Å². The first-order valence-corrected chi connectivity index (χ1v) is 9.65. The van der Waals surface area contributed by atoms with E-state index in [2.05, 4.69) is 10.6 Å². The molecule has 2 N–H and O–H groups in total. The van der Waals surface area contributed by atoms with E-state index < -0.39 is 0 Å². The van der Waals surface area contributed by atoms with Crippen molar-refractivity contribution in [1.29, 1.82) is 0 Å². The number of hydrogen-bond donors (Lipinski definition) is 2. The predicted molar refractivity (Wildman–Crippen MR) is 111 cm³/mol. The summed E-state index contributed by atoms with van der Waals surface area (Å²) in [6.45, 7) is 5.04. The molecule has 0 bridgehead atoms. The van der Waals surface area contributed by atoms with Crippen LogP contribution in [0.25, 0.3) is 0 Å². The average Bonchev–Trinajstić information content (AvgIpc) is 2.74. The van der Waals surface area contributed by atoms with E-state index in [9.17, 15) is 9.59 Å². The Morgan fingerprint density at radius 3 is 2.34 bits per heavy atom. The Morgan fingerprint density at radius 2 is 1.62 bits per heavy atom. The van der Waals surface area contributed by atoms with Crippen LogP contribution in [0.15, 0.2) is 42.5 Å². The van der Waals surface area contributed by atoms with Gasteiger partial charge in [0.1, 0.15) is 5.75 Å². The predicted octanol–water partition coefficient (Wildman–Crippen LogP) is 2.58. The second-order valence-electron chi connectivity index (χ2n) is 6.12. The molecule has 0 saturated carbocycles. The summed E-state index contributed by atoms with van der Waals surface area (Å²) in [6, 6.07) is 12.6. The Bertz CT molecular complexity index is 823. The van der Waals surface area contributed by atoms with E-state index in [0.29, 0.717) is 43.2 Å². The molecule has 0 fully saturated rings. The highest BCUT2D eigenvalue weighted by atomic mass is 16.5. The standard InChI is InChI=1S/C22H28N2O5/c1-4-28-19-11-10-17(14-20(19)29-5-2)22(26)24-15-21(25)23-13-12-16-8-6-7-9-18(16)27-3/h6-11,14H,4-5,12-13,15H2,1-3H3,(H,23,25)(H,24,26). The van der Waals surface area contributed by atoms with E-state index in [-0.39, 0.29) is 18.4 Å². The van der Waals surface area contributed by atoms with Crippen LogP contribution in [0, 0.1) is 0 Å². The zero-order valence-electron chi connectivity index (χ0n) is 17.1. The van der Waals surface area contributed by atoms with Gasteiger partial charge in [-0.05, 0) is 50.1 Å². The largest absolute Gasteiger partial charge is 0.496 e. The Kier molecular flexibility index (Phi) is 8.82. The Labute approximate surface area is 171 Å². The topological polar surface area (TPSA) is 85.9 Å². The summed E-state index contributed by atoms with van der Waals surface area (Å²) in [5, 5.41) is 5.41. The summed E-state index contributed by atoms with van der Waals surface area (Å²) in [6.07, 6.45) is 0.639. The van der Waals surface area contributed by atoms with E-state index in [0.717, 1.165) is 11.3 Å². The van der Waals surface area contributed by atoms with Gasteiger partial charge in [0, 0.05) is 12.1 Å². The van der Waals surface area contributed by atoms with Gasteiger partial charge in [0.15, 0.2) is 11.5 Å². The number of rotatable bonds is 11. The number of hydrogen-bond acceptors (Lipinski definition) is 5. The lowest BCUT2D eigenvalue weighted by Crippen LogP contribution is -2.37. The van der Waals surface area contributed by atoms with Crippen LogP contribution >= 0.6 is 0 Å².